The first-order chi connectivity index (χ1) is 20.4. The van der Waals surface area contributed by atoms with Crippen LogP contribution in [0, 0.1) is 5.92 Å². The number of thioether (sulfide) groups is 1. The second kappa shape index (κ2) is 18.4. The van der Waals surface area contributed by atoms with Crippen molar-refractivity contribution in [1.82, 2.24) is 0 Å². The number of aryl methyl sites for hydroxylation is 1. The van der Waals surface area contributed by atoms with E-state index in [0.717, 1.165) is 66.5 Å². The van der Waals surface area contributed by atoms with Gasteiger partial charge in [-0.15, -0.1) is 0 Å². The second-order valence-corrected chi connectivity index (χ2v) is 14.1. The molecule has 3 aromatic carbocycles. The average molecular weight is 629 g/mol. The SMILES string of the molecule is CC(C)C.CCCc1cc(Oc2ccc(S(C)(=O)=O)cc2)ccc1OCCCCOc1cccc(C(C=O)SC(C)=O)c1. The molecule has 3 rings (SSSR count). The van der Waals surface area contributed by atoms with Crippen LogP contribution in [0.5, 0.6) is 23.0 Å². The van der Waals surface area contributed by atoms with Crippen LogP contribution in [0.1, 0.15) is 70.3 Å². The Labute approximate surface area is 261 Å². The number of aldehydes is 1. The number of ether oxygens (including phenoxy) is 3. The van der Waals surface area contributed by atoms with E-state index >= 15 is 0 Å². The molecule has 0 radical (unpaired) electrons. The minimum absolute atomic E-state index is 0.107. The lowest BCUT2D eigenvalue weighted by Crippen LogP contribution is -2.05. The van der Waals surface area contributed by atoms with Crippen LogP contribution in [0.4, 0.5) is 0 Å². The van der Waals surface area contributed by atoms with Gasteiger partial charge < -0.3 is 19.0 Å². The minimum Gasteiger partial charge on any atom is -0.494 e. The third-order valence-corrected chi connectivity index (χ3v) is 7.80. The maximum atomic E-state index is 11.7. The summed E-state index contributed by atoms with van der Waals surface area (Å²) < 4.78 is 41.1. The maximum absolute atomic E-state index is 11.7. The van der Waals surface area contributed by atoms with Crippen molar-refractivity contribution < 1.29 is 32.2 Å². The van der Waals surface area contributed by atoms with Crippen LogP contribution in [0.25, 0.3) is 0 Å². The van der Waals surface area contributed by atoms with E-state index < -0.39 is 15.1 Å². The normalized spacial score (nSPS) is 11.7. The first kappa shape index (κ1) is 35.9. The minimum atomic E-state index is -3.25. The Hall–Kier alpha value is -3.30. The summed E-state index contributed by atoms with van der Waals surface area (Å²) in [6.07, 6.45) is 5.32. The Morgan fingerprint density at radius 3 is 2.09 bits per heavy atom. The van der Waals surface area contributed by atoms with E-state index in [1.54, 1.807) is 18.2 Å². The number of unbranched alkanes of at least 4 members (excludes halogenated alkanes) is 1. The molecule has 9 heteroatoms. The van der Waals surface area contributed by atoms with Gasteiger partial charge in [0.15, 0.2) is 15.0 Å². The van der Waals surface area contributed by atoms with Gasteiger partial charge in [0.2, 0.25) is 0 Å². The Bertz CT molecular complexity index is 1400. The van der Waals surface area contributed by atoms with E-state index in [0.29, 0.717) is 30.5 Å². The highest BCUT2D eigenvalue weighted by atomic mass is 32.2. The molecule has 0 heterocycles. The van der Waals surface area contributed by atoms with Crippen LogP contribution in [-0.4, -0.2) is 39.3 Å². The number of carbonyl (C=O) groups is 2. The van der Waals surface area contributed by atoms with Crippen LogP contribution in [0.15, 0.2) is 71.6 Å². The molecule has 0 saturated heterocycles. The van der Waals surface area contributed by atoms with Crippen LogP contribution in [0.2, 0.25) is 0 Å². The predicted molar refractivity (Wildman–Crippen MR) is 174 cm³/mol. The van der Waals surface area contributed by atoms with Crippen molar-refractivity contribution in [3.05, 3.63) is 77.9 Å². The van der Waals surface area contributed by atoms with E-state index in [4.69, 9.17) is 14.2 Å². The molecule has 0 aromatic heterocycles. The molecular weight excluding hydrogens is 585 g/mol. The number of benzene rings is 3. The second-order valence-electron chi connectivity index (χ2n) is 10.7. The number of sulfone groups is 1. The monoisotopic (exact) mass is 628 g/mol. The van der Waals surface area contributed by atoms with Gasteiger partial charge in [0.1, 0.15) is 29.3 Å². The highest BCUT2D eigenvalue weighted by Gasteiger charge is 2.14. The average Bonchev–Trinajstić information content (AvgIpc) is 2.94. The van der Waals surface area contributed by atoms with Gasteiger partial charge in [-0.25, -0.2) is 8.42 Å². The quantitative estimate of drug-likeness (QED) is 0.123. The molecule has 0 fully saturated rings. The number of hydrogen-bond donors (Lipinski definition) is 0. The summed E-state index contributed by atoms with van der Waals surface area (Å²) in [5.41, 5.74) is 1.79. The standard InChI is InChI=1S/C30H34O7S2.C4H10/c1-4-8-23-19-27(37-25-11-14-28(15-12-25)39(3,33)34)13-16-29(23)36-18-6-5-17-35-26-10-7-9-24(20-26)30(21-31)38-22(2)32;1-4(2)3/h7,9-16,19-21,30H,4-6,8,17-18H2,1-3H3;4H,1-3H3. The van der Waals surface area contributed by atoms with Crippen molar-refractivity contribution in [3.63, 3.8) is 0 Å². The largest absolute Gasteiger partial charge is 0.494 e. The van der Waals surface area contributed by atoms with Crippen molar-refractivity contribution in [3.8, 4) is 23.0 Å². The van der Waals surface area contributed by atoms with Gasteiger partial charge in [-0.1, -0.05) is 58.0 Å². The molecule has 1 atom stereocenters. The van der Waals surface area contributed by atoms with E-state index in [1.807, 2.05) is 36.4 Å². The molecule has 0 saturated carbocycles. The van der Waals surface area contributed by atoms with Gasteiger partial charge in [-0.3, -0.25) is 4.79 Å². The van der Waals surface area contributed by atoms with Crippen molar-refractivity contribution in [2.75, 3.05) is 19.5 Å². The first-order valence-corrected chi connectivity index (χ1v) is 17.3. The van der Waals surface area contributed by atoms with Gasteiger partial charge in [-0.05, 0) is 90.9 Å². The van der Waals surface area contributed by atoms with E-state index in [-0.39, 0.29) is 10.0 Å². The van der Waals surface area contributed by atoms with Crippen molar-refractivity contribution >= 4 is 33.0 Å². The molecule has 1 unspecified atom stereocenters. The molecular formula is C34H44O7S2. The Balaban J connectivity index is 0.00000151. The zero-order valence-corrected chi connectivity index (χ0v) is 27.6. The molecule has 43 heavy (non-hydrogen) atoms. The molecule has 7 nitrogen and oxygen atoms in total. The Morgan fingerprint density at radius 2 is 1.51 bits per heavy atom. The Morgan fingerprint density at radius 1 is 0.884 bits per heavy atom. The molecule has 0 amide bonds. The van der Waals surface area contributed by atoms with Gasteiger partial charge in [0.05, 0.1) is 23.4 Å². The summed E-state index contributed by atoms with van der Waals surface area (Å²) in [5.74, 6) is 3.53. The maximum Gasteiger partial charge on any atom is 0.186 e. The van der Waals surface area contributed by atoms with Crippen LogP contribution in [-0.2, 0) is 25.8 Å². The topological polar surface area (TPSA) is 96.0 Å². The molecule has 0 aliphatic heterocycles. The molecule has 3 aromatic rings. The van der Waals surface area contributed by atoms with E-state index in [9.17, 15) is 18.0 Å². The van der Waals surface area contributed by atoms with Crippen molar-refractivity contribution in [1.29, 1.82) is 0 Å². The van der Waals surface area contributed by atoms with Crippen molar-refractivity contribution in [2.45, 2.75) is 70.4 Å². The number of rotatable bonds is 15. The van der Waals surface area contributed by atoms with Gasteiger partial charge in [-0.2, -0.15) is 0 Å². The van der Waals surface area contributed by atoms with Crippen molar-refractivity contribution in [2.24, 2.45) is 5.92 Å². The highest BCUT2D eigenvalue weighted by molar-refractivity contribution is 8.14. The molecule has 0 bridgehead atoms. The molecule has 0 aliphatic rings. The van der Waals surface area contributed by atoms with Gasteiger partial charge in [0, 0.05) is 13.2 Å². The lowest BCUT2D eigenvalue weighted by Gasteiger charge is -2.14. The fourth-order valence-corrected chi connectivity index (χ4v) is 5.15. The summed E-state index contributed by atoms with van der Waals surface area (Å²) in [4.78, 5) is 23.0. The summed E-state index contributed by atoms with van der Waals surface area (Å²) in [5, 5.41) is -0.641. The summed E-state index contributed by atoms with van der Waals surface area (Å²) in [6.45, 7) is 11.1. The predicted octanol–water partition coefficient (Wildman–Crippen LogP) is 8.25. The lowest BCUT2D eigenvalue weighted by molar-refractivity contribution is -0.110. The van der Waals surface area contributed by atoms with Crippen LogP contribution in [0.3, 0.4) is 0 Å². The zero-order chi connectivity index (χ0) is 31.8. The first-order valence-electron chi connectivity index (χ1n) is 14.5. The molecule has 0 aliphatic carbocycles. The third-order valence-electron chi connectivity index (χ3n) is 5.71. The molecule has 0 spiro atoms. The summed E-state index contributed by atoms with van der Waals surface area (Å²) in [6, 6.07) is 19.3. The van der Waals surface area contributed by atoms with Crippen LogP contribution >= 0.6 is 11.8 Å². The van der Waals surface area contributed by atoms with Gasteiger partial charge in [0.25, 0.3) is 0 Å². The van der Waals surface area contributed by atoms with Crippen LogP contribution < -0.4 is 14.2 Å². The third kappa shape index (κ3) is 13.7. The summed E-state index contributed by atoms with van der Waals surface area (Å²) in [7, 11) is -3.25. The van der Waals surface area contributed by atoms with E-state index in [2.05, 4.69) is 27.7 Å². The van der Waals surface area contributed by atoms with Gasteiger partial charge >= 0.3 is 0 Å². The molecule has 0 N–H and O–H groups in total. The summed E-state index contributed by atoms with van der Waals surface area (Å²) >= 11 is 0.994. The number of carbonyl (C=O) groups excluding carboxylic acids is 2. The molecule has 234 valence electrons. The fourth-order valence-electron chi connectivity index (χ4n) is 3.83. The smallest absolute Gasteiger partial charge is 0.186 e. The number of hydrogen-bond acceptors (Lipinski definition) is 8. The highest BCUT2D eigenvalue weighted by Crippen LogP contribution is 2.31. The fraction of sp³-hybridized carbons (Fsp3) is 0.412. The Kier molecular flexibility index (Phi) is 15.3. The van der Waals surface area contributed by atoms with E-state index in [1.165, 1.54) is 25.3 Å². The zero-order valence-electron chi connectivity index (χ0n) is 26.0. The lowest BCUT2D eigenvalue weighted by atomic mass is 10.1.